The van der Waals surface area contributed by atoms with Crippen molar-refractivity contribution >= 4 is 17.3 Å². The van der Waals surface area contributed by atoms with E-state index in [9.17, 15) is 4.79 Å². The lowest BCUT2D eigenvalue weighted by atomic mass is 10.1. The summed E-state index contributed by atoms with van der Waals surface area (Å²) in [6.45, 7) is 3.95. The van der Waals surface area contributed by atoms with Gasteiger partial charge < -0.3 is 15.2 Å². The second-order valence-electron chi connectivity index (χ2n) is 3.94. The Morgan fingerprint density at radius 3 is 2.56 bits per heavy atom. The van der Waals surface area contributed by atoms with E-state index in [1.165, 1.54) is 18.4 Å². The monoisotopic (exact) mass is 244 g/mol. The van der Waals surface area contributed by atoms with Crippen LogP contribution in [-0.4, -0.2) is 25.2 Å². The minimum atomic E-state index is -0.570. The Labute approximate surface area is 98.6 Å². The zero-order valence-electron chi connectivity index (χ0n) is 9.86. The van der Waals surface area contributed by atoms with Crippen LogP contribution < -0.4 is 5.73 Å². The molecule has 0 radical (unpaired) electrons. The molecule has 0 aliphatic carbocycles. The average Bonchev–Trinajstić information content (AvgIpc) is 2.61. The van der Waals surface area contributed by atoms with Crippen molar-refractivity contribution in [2.75, 3.05) is 14.2 Å². The third-order valence-electron chi connectivity index (χ3n) is 1.90. The lowest BCUT2D eigenvalue weighted by Gasteiger charge is -2.13. The molecule has 1 heterocycles. The minimum Gasteiger partial charge on any atom is -0.465 e. The van der Waals surface area contributed by atoms with E-state index < -0.39 is 11.5 Å². The van der Waals surface area contributed by atoms with Crippen molar-refractivity contribution in [1.29, 1.82) is 0 Å². The fourth-order valence-electron chi connectivity index (χ4n) is 1.11. The van der Waals surface area contributed by atoms with Crippen molar-refractivity contribution in [3.63, 3.8) is 0 Å². The summed E-state index contributed by atoms with van der Waals surface area (Å²) in [6, 6.07) is 0. The number of nitrogens with two attached hydrogens (primary N) is 1. The van der Waals surface area contributed by atoms with Crippen molar-refractivity contribution in [2.24, 2.45) is 5.73 Å². The number of esters is 1. The van der Waals surface area contributed by atoms with Crippen LogP contribution in [0.1, 0.15) is 34.2 Å². The van der Waals surface area contributed by atoms with Crippen LogP contribution in [0.15, 0.2) is 0 Å². The van der Waals surface area contributed by atoms with E-state index in [2.05, 4.69) is 9.72 Å². The SMILES string of the molecule is COCc1nc(C(C)(C)N)sc1C(=O)OC. The van der Waals surface area contributed by atoms with Gasteiger partial charge >= 0.3 is 5.97 Å². The molecule has 0 aliphatic rings. The summed E-state index contributed by atoms with van der Waals surface area (Å²) in [4.78, 5) is 16.3. The molecule has 1 aromatic heterocycles. The van der Waals surface area contributed by atoms with Gasteiger partial charge in [0.15, 0.2) is 0 Å². The zero-order chi connectivity index (χ0) is 12.3. The second-order valence-corrected chi connectivity index (χ2v) is 4.94. The number of thiazole rings is 1. The lowest BCUT2D eigenvalue weighted by molar-refractivity contribution is 0.0601. The summed E-state index contributed by atoms with van der Waals surface area (Å²) >= 11 is 1.25. The van der Waals surface area contributed by atoms with Crippen molar-refractivity contribution in [3.05, 3.63) is 15.6 Å². The van der Waals surface area contributed by atoms with Crippen LogP contribution in [0, 0.1) is 0 Å². The first-order chi connectivity index (χ1) is 7.40. The molecule has 6 heteroatoms. The van der Waals surface area contributed by atoms with E-state index in [-0.39, 0.29) is 6.61 Å². The molecule has 2 N–H and O–H groups in total. The Kier molecular flexibility index (Phi) is 4.01. The number of ether oxygens (including phenoxy) is 2. The molecule has 1 aromatic rings. The van der Waals surface area contributed by atoms with E-state index in [4.69, 9.17) is 10.5 Å². The van der Waals surface area contributed by atoms with Crippen molar-refractivity contribution in [1.82, 2.24) is 4.98 Å². The molecule has 0 atom stereocenters. The van der Waals surface area contributed by atoms with E-state index >= 15 is 0 Å². The van der Waals surface area contributed by atoms with Gasteiger partial charge in [0.05, 0.1) is 24.9 Å². The standard InChI is InChI=1S/C10H16N2O3S/c1-10(2,11)9-12-6(5-14-3)7(16-9)8(13)15-4/h5,11H2,1-4H3. The summed E-state index contributed by atoms with van der Waals surface area (Å²) in [5.41, 5.74) is 5.94. The van der Waals surface area contributed by atoms with Crippen molar-refractivity contribution in [3.8, 4) is 0 Å². The highest BCUT2D eigenvalue weighted by molar-refractivity contribution is 7.13. The maximum absolute atomic E-state index is 11.5. The number of hydrogen-bond donors (Lipinski definition) is 1. The quantitative estimate of drug-likeness (QED) is 0.807. The van der Waals surface area contributed by atoms with E-state index in [1.807, 2.05) is 13.8 Å². The maximum Gasteiger partial charge on any atom is 0.350 e. The fourth-order valence-corrected chi connectivity index (χ4v) is 2.12. The van der Waals surface area contributed by atoms with Crippen LogP contribution in [0.3, 0.4) is 0 Å². The molecule has 0 bridgehead atoms. The predicted molar refractivity (Wildman–Crippen MR) is 61.4 cm³/mol. The van der Waals surface area contributed by atoms with Crippen LogP contribution in [-0.2, 0) is 21.6 Å². The van der Waals surface area contributed by atoms with E-state index in [0.717, 1.165) is 0 Å². The smallest absolute Gasteiger partial charge is 0.350 e. The van der Waals surface area contributed by atoms with Crippen LogP contribution in [0.5, 0.6) is 0 Å². The molecule has 0 aliphatic heterocycles. The zero-order valence-corrected chi connectivity index (χ0v) is 10.7. The van der Waals surface area contributed by atoms with Crippen LogP contribution >= 0.6 is 11.3 Å². The van der Waals surface area contributed by atoms with Gasteiger partial charge in [0.1, 0.15) is 9.88 Å². The number of aromatic nitrogens is 1. The van der Waals surface area contributed by atoms with Gasteiger partial charge in [-0.3, -0.25) is 0 Å². The topological polar surface area (TPSA) is 74.4 Å². The van der Waals surface area contributed by atoms with Gasteiger partial charge in [-0.15, -0.1) is 11.3 Å². The van der Waals surface area contributed by atoms with Gasteiger partial charge in [-0.05, 0) is 13.8 Å². The molecule has 5 nitrogen and oxygen atoms in total. The fraction of sp³-hybridized carbons (Fsp3) is 0.600. The molecule has 0 unspecified atom stereocenters. The Hall–Kier alpha value is -0.980. The molecule has 0 fully saturated rings. The van der Waals surface area contributed by atoms with Crippen molar-refractivity contribution < 1.29 is 14.3 Å². The van der Waals surface area contributed by atoms with Crippen LogP contribution in [0.4, 0.5) is 0 Å². The summed E-state index contributed by atoms with van der Waals surface area (Å²) in [6.07, 6.45) is 0. The minimum absolute atomic E-state index is 0.275. The first-order valence-electron chi connectivity index (χ1n) is 4.76. The number of rotatable bonds is 4. The largest absolute Gasteiger partial charge is 0.465 e. The second kappa shape index (κ2) is 4.90. The van der Waals surface area contributed by atoms with Gasteiger partial charge in [-0.1, -0.05) is 0 Å². The molecule has 0 saturated carbocycles. The lowest BCUT2D eigenvalue weighted by Crippen LogP contribution is -2.28. The molecule has 1 rings (SSSR count). The average molecular weight is 244 g/mol. The first kappa shape index (κ1) is 13.1. The normalized spacial score (nSPS) is 11.6. The number of hydrogen-bond acceptors (Lipinski definition) is 6. The summed E-state index contributed by atoms with van der Waals surface area (Å²) in [5.74, 6) is -0.403. The number of carbonyl (C=O) groups is 1. The molecule has 90 valence electrons. The molecule has 0 spiro atoms. The van der Waals surface area contributed by atoms with Gasteiger partial charge in [0.2, 0.25) is 0 Å². The summed E-state index contributed by atoms with van der Waals surface area (Å²) in [5, 5.41) is 0.694. The highest BCUT2D eigenvalue weighted by atomic mass is 32.1. The molecular weight excluding hydrogens is 228 g/mol. The molecule has 0 aromatic carbocycles. The predicted octanol–water partition coefficient (Wildman–Crippen LogP) is 1.27. The third kappa shape index (κ3) is 2.78. The molecule has 0 saturated heterocycles. The first-order valence-corrected chi connectivity index (χ1v) is 5.58. The highest BCUT2D eigenvalue weighted by Gasteiger charge is 2.25. The van der Waals surface area contributed by atoms with Crippen LogP contribution in [0.2, 0.25) is 0 Å². The van der Waals surface area contributed by atoms with Gasteiger partial charge in [0, 0.05) is 7.11 Å². The molecule has 0 amide bonds. The molecule has 16 heavy (non-hydrogen) atoms. The third-order valence-corrected chi connectivity index (χ3v) is 3.32. The molecular formula is C10H16N2O3S. The Bertz CT molecular complexity index is 382. The van der Waals surface area contributed by atoms with Gasteiger partial charge in [-0.25, -0.2) is 9.78 Å². The van der Waals surface area contributed by atoms with E-state index in [0.29, 0.717) is 15.6 Å². The Morgan fingerprint density at radius 2 is 2.12 bits per heavy atom. The Morgan fingerprint density at radius 1 is 1.50 bits per heavy atom. The van der Waals surface area contributed by atoms with Crippen molar-refractivity contribution in [2.45, 2.75) is 26.0 Å². The van der Waals surface area contributed by atoms with E-state index in [1.54, 1.807) is 7.11 Å². The van der Waals surface area contributed by atoms with Crippen LogP contribution in [0.25, 0.3) is 0 Å². The summed E-state index contributed by atoms with van der Waals surface area (Å²) in [7, 11) is 2.89. The number of methoxy groups -OCH3 is 2. The Balaban J connectivity index is 3.15. The number of nitrogens with zero attached hydrogens (tertiary/aromatic N) is 1. The van der Waals surface area contributed by atoms with Gasteiger partial charge in [0.25, 0.3) is 0 Å². The summed E-state index contributed by atoms with van der Waals surface area (Å²) < 4.78 is 9.67. The number of carbonyl (C=O) groups excluding carboxylic acids is 1. The van der Waals surface area contributed by atoms with Gasteiger partial charge in [-0.2, -0.15) is 0 Å². The maximum atomic E-state index is 11.5. The highest BCUT2D eigenvalue weighted by Crippen LogP contribution is 2.27.